The number of nitrogens with zero attached hydrogens (tertiary/aromatic N) is 1. The molecule has 1 unspecified atom stereocenters. The maximum atomic E-state index is 14.3. The average Bonchev–Trinajstić information content (AvgIpc) is 3.34. The van der Waals surface area contributed by atoms with Crippen LogP contribution in [0.2, 0.25) is 0 Å². The van der Waals surface area contributed by atoms with Crippen molar-refractivity contribution in [2.45, 2.75) is 37.8 Å². The molecular formula is C17H22FNO4S. The molecule has 7 heteroatoms. The van der Waals surface area contributed by atoms with Gasteiger partial charge in [0.05, 0.1) is 18.4 Å². The van der Waals surface area contributed by atoms with Gasteiger partial charge in [-0.05, 0) is 31.7 Å². The first kappa shape index (κ1) is 17.5. The van der Waals surface area contributed by atoms with Gasteiger partial charge in [0.1, 0.15) is 5.82 Å². The average molecular weight is 355 g/mol. The first-order valence-electron chi connectivity index (χ1n) is 8.25. The molecule has 0 N–H and O–H groups in total. The fraction of sp³-hybridized carbons (Fsp3) is 0.588. The third kappa shape index (κ3) is 4.20. The number of likely N-dealkylation sites (tertiary alicyclic amines) is 1. The van der Waals surface area contributed by atoms with E-state index in [1.54, 1.807) is 18.2 Å². The minimum Gasteiger partial charge on any atom is -0.297 e. The van der Waals surface area contributed by atoms with Gasteiger partial charge in [0.25, 0.3) is 10.1 Å². The largest absolute Gasteiger partial charge is 0.297 e. The Hall–Kier alpha value is -1.31. The molecule has 1 atom stereocenters. The van der Waals surface area contributed by atoms with E-state index in [4.69, 9.17) is 4.18 Å². The van der Waals surface area contributed by atoms with E-state index in [-0.39, 0.29) is 23.6 Å². The Morgan fingerprint density at radius 2 is 1.83 bits per heavy atom. The number of halogens is 1. The molecule has 1 aliphatic heterocycles. The van der Waals surface area contributed by atoms with Gasteiger partial charge >= 0.3 is 0 Å². The number of carbonyl (C=O) groups excluding carboxylic acids is 1. The SMILES string of the molecule is CS(=O)(=O)OC1CCN(C(C(=O)C2CC2)c2ccccc2F)CC1. The lowest BCUT2D eigenvalue weighted by Crippen LogP contribution is -2.43. The van der Waals surface area contributed by atoms with E-state index >= 15 is 0 Å². The van der Waals surface area contributed by atoms with E-state index in [0.29, 0.717) is 31.5 Å². The maximum Gasteiger partial charge on any atom is 0.264 e. The van der Waals surface area contributed by atoms with E-state index in [1.807, 2.05) is 4.90 Å². The van der Waals surface area contributed by atoms with Crippen LogP contribution in [0.25, 0.3) is 0 Å². The summed E-state index contributed by atoms with van der Waals surface area (Å²) in [5.74, 6) is -0.270. The van der Waals surface area contributed by atoms with Gasteiger partial charge in [-0.3, -0.25) is 13.9 Å². The number of piperidine rings is 1. The van der Waals surface area contributed by atoms with Crippen LogP contribution in [0.15, 0.2) is 24.3 Å². The van der Waals surface area contributed by atoms with Crippen LogP contribution >= 0.6 is 0 Å². The highest BCUT2D eigenvalue weighted by Gasteiger charge is 2.40. The van der Waals surface area contributed by atoms with E-state index in [2.05, 4.69) is 0 Å². The molecule has 132 valence electrons. The fourth-order valence-corrected chi connectivity index (χ4v) is 3.98. The van der Waals surface area contributed by atoms with Gasteiger partial charge in [-0.2, -0.15) is 8.42 Å². The number of hydrogen-bond donors (Lipinski definition) is 0. The normalized spacial score (nSPS) is 21.6. The van der Waals surface area contributed by atoms with Crippen molar-refractivity contribution in [3.63, 3.8) is 0 Å². The van der Waals surface area contributed by atoms with Crippen molar-refractivity contribution in [1.82, 2.24) is 4.90 Å². The molecule has 0 bridgehead atoms. The second kappa shape index (κ2) is 6.90. The lowest BCUT2D eigenvalue weighted by atomic mass is 9.95. The summed E-state index contributed by atoms with van der Waals surface area (Å²) in [6, 6.07) is 5.81. The summed E-state index contributed by atoms with van der Waals surface area (Å²) in [5.41, 5.74) is 0.414. The topological polar surface area (TPSA) is 63.7 Å². The molecule has 0 spiro atoms. The highest BCUT2D eigenvalue weighted by atomic mass is 32.2. The molecule has 2 aliphatic rings. The third-order valence-corrected chi connectivity index (χ3v) is 5.22. The smallest absolute Gasteiger partial charge is 0.264 e. The van der Waals surface area contributed by atoms with Crippen molar-refractivity contribution in [2.75, 3.05) is 19.3 Å². The minimum absolute atomic E-state index is 0.0274. The van der Waals surface area contributed by atoms with E-state index in [1.165, 1.54) is 6.07 Å². The standard InChI is InChI=1S/C17H22FNO4S/c1-24(21,22)23-13-8-10-19(11-9-13)16(17(20)12-6-7-12)14-4-2-3-5-15(14)18/h2-5,12-13,16H,6-11H2,1H3. The first-order valence-corrected chi connectivity index (χ1v) is 10.1. The molecule has 0 aromatic heterocycles. The van der Waals surface area contributed by atoms with Crippen molar-refractivity contribution in [3.05, 3.63) is 35.6 Å². The second-order valence-electron chi connectivity index (χ2n) is 6.64. The molecule has 2 fully saturated rings. The molecule has 24 heavy (non-hydrogen) atoms. The summed E-state index contributed by atoms with van der Waals surface area (Å²) in [4.78, 5) is 14.7. The summed E-state index contributed by atoms with van der Waals surface area (Å²) >= 11 is 0. The molecule has 1 saturated heterocycles. The molecule has 0 radical (unpaired) electrons. The number of rotatable bonds is 6. The Labute approximate surface area is 141 Å². The quantitative estimate of drug-likeness (QED) is 0.733. The number of benzene rings is 1. The Balaban J connectivity index is 1.76. The van der Waals surface area contributed by atoms with Crippen LogP contribution in [-0.2, 0) is 19.1 Å². The van der Waals surface area contributed by atoms with Crippen molar-refractivity contribution in [1.29, 1.82) is 0 Å². The molecule has 1 aromatic rings. The van der Waals surface area contributed by atoms with Crippen molar-refractivity contribution in [2.24, 2.45) is 5.92 Å². The molecule has 3 rings (SSSR count). The zero-order chi connectivity index (χ0) is 17.3. The lowest BCUT2D eigenvalue weighted by molar-refractivity contribution is -0.126. The number of ketones is 1. The van der Waals surface area contributed by atoms with Crippen LogP contribution in [-0.4, -0.2) is 44.6 Å². The van der Waals surface area contributed by atoms with Crippen LogP contribution in [0.1, 0.15) is 37.3 Å². The van der Waals surface area contributed by atoms with E-state index in [9.17, 15) is 17.6 Å². The molecular weight excluding hydrogens is 333 g/mol. The molecule has 1 heterocycles. The van der Waals surface area contributed by atoms with Crippen LogP contribution in [0, 0.1) is 11.7 Å². The lowest BCUT2D eigenvalue weighted by Gasteiger charge is -2.36. The van der Waals surface area contributed by atoms with Gasteiger partial charge in [-0.25, -0.2) is 4.39 Å². The Bertz CT molecular complexity index is 709. The van der Waals surface area contributed by atoms with Crippen LogP contribution in [0.4, 0.5) is 4.39 Å². The highest BCUT2D eigenvalue weighted by Crippen LogP contribution is 2.38. The third-order valence-electron chi connectivity index (χ3n) is 4.60. The summed E-state index contributed by atoms with van der Waals surface area (Å²) in [6.07, 6.45) is 3.44. The van der Waals surface area contributed by atoms with Gasteiger partial charge in [-0.1, -0.05) is 18.2 Å². The summed E-state index contributed by atoms with van der Waals surface area (Å²) in [5, 5.41) is 0. The van der Waals surface area contributed by atoms with Crippen molar-refractivity contribution in [3.8, 4) is 0 Å². The number of carbonyl (C=O) groups is 1. The van der Waals surface area contributed by atoms with Crippen molar-refractivity contribution < 1.29 is 21.8 Å². The predicted octanol–water partition coefficient (Wildman–Crippen LogP) is 2.29. The molecule has 1 aromatic carbocycles. The zero-order valence-electron chi connectivity index (χ0n) is 13.7. The zero-order valence-corrected chi connectivity index (χ0v) is 14.5. The Kier molecular flexibility index (Phi) is 5.03. The molecule has 5 nitrogen and oxygen atoms in total. The predicted molar refractivity (Wildman–Crippen MR) is 87.4 cm³/mol. The minimum atomic E-state index is -3.49. The van der Waals surface area contributed by atoms with Crippen LogP contribution < -0.4 is 0 Å². The Morgan fingerprint density at radius 3 is 2.38 bits per heavy atom. The summed E-state index contributed by atoms with van der Waals surface area (Å²) < 4.78 is 41.8. The van der Waals surface area contributed by atoms with Crippen molar-refractivity contribution >= 4 is 15.9 Å². The van der Waals surface area contributed by atoms with Gasteiger partial charge in [0, 0.05) is 24.6 Å². The second-order valence-corrected chi connectivity index (χ2v) is 8.24. The number of hydrogen-bond acceptors (Lipinski definition) is 5. The highest BCUT2D eigenvalue weighted by molar-refractivity contribution is 7.86. The monoisotopic (exact) mass is 355 g/mol. The fourth-order valence-electron chi connectivity index (χ4n) is 3.30. The van der Waals surface area contributed by atoms with E-state index in [0.717, 1.165) is 19.1 Å². The number of Topliss-reactive ketones (excluding diaryl/α,β-unsaturated/α-hetero) is 1. The van der Waals surface area contributed by atoms with Gasteiger partial charge in [0.2, 0.25) is 0 Å². The van der Waals surface area contributed by atoms with E-state index < -0.39 is 16.2 Å². The first-order chi connectivity index (χ1) is 11.3. The molecule has 1 aliphatic carbocycles. The van der Waals surface area contributed by atoms with Crippen LogP contribution in [0.3, 0.4) is 0 Å². The molecule has 1 saturated carbocycles. The van der Waals surface area contributed by atoms with Gasteiger partial charge < -0.3 is 0 Å². The summed E-state index contributed by atoms with van der Waals surface area (Å²) in [6.45, 7) is 1.02. The maximum absolute atomic E-state index is 14.3. The van der Waals surface area contributed by atoms with Gasteiger partial charge in [0.15, 0.2) is 5.78 Å². The molecule has 0 amide bonds. The van der Waals surface area contributed by atoms with Crippen LogP contribution in [0.5, 0.6) is 0 Å². The van der Waals surface area contributed by atoms with Gasteiger partial charge in [-0.15, -0.1) is 0 Å². The summed E-state index contributed by atoms with van der Waals surface area (Å²) in [7, 11) is -3.49. The Morgan fingerprint density at radius 1 is 1.21 bits per heavy atom.